The van der Waals surface area contributed by atoms with Crippen LogP contribution in [0.5, 0.6) is 5.75 Å². The minimum Gasteiger partial charge on any atom is -0.508 e. The summed E-state index contributed by atoms with van der Waals surface area (Å²) in [6, 6.07) is 6.95. The van der Waals surface area contributed by atoms with E-state index < -0.39 is 0 Å². The number of aldehydes is 1. The molecule has 0 saturated carbocycles. The first kappa shape index (κ1) is 12.7. The minimum absolute atomic E-state index is 0.0373. The fourth-order valence-electron chi connectivity index (χ4n) is 1.73. The molecule has 88 valence electrons. The Hall–Kier alpha value is -1.35. The largest absolute Gasteiger partial charge is 0.508 e. The Labute approximate surface area is 96.3 Å². The first-order valence-electron chi connectivity index (χ1n) is 5.43. The molecule has 1 rings (SSSR count). The third-order valence-corrected chi connectivity index (χ3v) is 2.54. The lowest BCUT2D eigenvalue weighted by Crippen LogP contribution is -2.30. The molecule has 3 N–H and O–H groups in total. The molecule has 1 aromatic rings. The highest BCUT2D eigenvalue weighted by molar-refractivity contribution is 5.57. The van der Waals surface area contributed by atoms with Gasteiger partial charge in [0.2, 0.25) is 0 Å². The molecule has 1 aromatic carbocycles. The Kier molecular flexibility index (Phi) is 4.07. The van der Waals surface area contributed by atoms with E-state index in [-0.39, 0.29) is 17.2 Å². The van der Waals surface area contributed by atoms with Gasteiger partial charge in [-0.25, -0.2) is 0 Å². The maximum absolute atomic E-state index is 10.8. The van der Waals surface area contributed by atoms with Crippen molar-refractivity contribution in [2.45, 2.75) is 32.7 Å². The van der Waals surface area contributed by atoms with Crippen LogP contribution in [-0.2, 0) is 11.2 Å². The van der Waals surface area contributed by atoms with Gasteiger partial charge in [0.1, 0.15) is 12.0 Å². The van der Waals surface area contributed by atoms with Crippen LogP contribution in [0.25, 0.3) is 0 Å². The molecular weight excluding hydrogens is 202 g/mol. The highest BCUT2D eigenvalue weighted by atomic mass is 16.3. The molecule has 1 unspecified atom stereocenters. The SMILES string of the molecule is CC(C)(C=O)CC(N)Cc1ccc(O)cc1. The molecule has 0 amide bonds. The standard InChI is InChI=1S/C13H19NO2/c1-13(2,9-15)8-11(14)7-10-3-5-12(16)6-4-10/h3-6,9,11,16H,7-8,14H2,1-2H3. The summed E-state index contributed by atoms with van der Waals surface area (Å²) in [6.07, 6.45) is 2.33. The second kappa shape index (κ2) is 5.12. The number of carbonyl (C=O) groups excluding carboxylic acids is 1. The van der Waals surface area contributed by atoms with Crippen molar-refractivity contribution in [1.29, 1.82) is 0 Å². The van der Waals surface area contributed by atoms with Gasteiger partial charge in [-0.05, 0) is 30.5 Å². The fraction of sp³-hybridized carbons (Fsp3) is 0.462. The zero-order chi connectivity index (χ0) is 12.2. The highest BCUT2D eigenvalue weighted by Crippen LogP contribution is 2.20. The number of phenolic OH excluding ortho intramolecular Hbond substituents is 1. The van der Waals surface area contributed by atoms with Crippen molar-refractivity contribution in [1.82, 2.24) is 0 Å². The maximum Gasteiger partial charge on any atom is 0.125 e. The van der Waals surface area contributed by atoms with Crippen molar-refractivity contribution in [3.8, 4) is 5.75 Å². The van der Waals surface area contributed by atoms with Gasteiger partial charge in [0, 0.05) is 11.5 Å². The lowest BCUT2D eigenvalue weighted by Gasteiger charge is -2.21. The zero-order valence-electron chi connectivity index (χ0n) is 9.81. The second-order valence-electron chi connectivity index (χ2n) is 4.94. The molecule has 3 heteroatoms. The van der Waals surface area contributed by atoms with Gasteiger partial charge in [0.05, 0.1) is 0 Å². The topological polar surface area (TPSA) is 63.3 Å². The smallest absolute Gasteiger partial charge is 0.125 e. The molecule has 0 fully saturated rings. The first-order chi connectivity index (χ1) is 7.43. The minimum atomic E-state index is -0.365. The fourth-order valence-corrected chi connectivity index (χ4v) is 1.73. The Balaban J connectivity index is 2.54. The van der Waals surface area contributed by atoms with Crippen LogP contribution in [0, 0.1) is 5.41 Å². The molecule has 0 aromatic heterocycles. The van der Waals surface area contributed by atoms with Gasteiger partial charge in [-0.1, -0.05) is 26.0 Å². The van der Waals surface area contributed by atoms with E-state index >= 15 is 0 Å². The van der Waals surface area contributed by atoms with Gasteiger partial charge in [0.15, 0.2) is 0 Å². The number of aromatic hydroxyl groups is 1. The third kappa shape index (κ3) is 4.03. The lowest BCUT2D eigenvalue weighted by atomic mass is 9.86. The van der Waals surface area contributed by atoms with Crippen molar-refractivity contribution in [3.05, 3.63) is 29.8 Å². The molecular formula is C13H19NO2. The number of nitrogens with two attached hydrogens (primary N) is 1. The van der Waals surface area contributed by atoms with Crippen LogP contribution in [-0.4, -0.2) is 17.4 Å². The molecule has 0 saturated heterocycles. The summed E-state index contributed by atoms with van der Waals surface area (Å²) in [5.41, 5.74) is 6.70. The predicted molar refractivity (Wildman–Crippen MR) is 64.2 cm³/mol. The summed E-state index contributed by atoms with van der Waals surface area (Å²) >= 11 is 0. The molecule has 0 aliphatic rings. The summed E-state index contributed by atoms with van der Waals surface area (Å²) in [7, 11) is 0. The average Bonchev–Trinajstić information content (AvgIpc) is 2.21. The first-order valence-corrected chi connectivity index (χ1v) is 5.43. The summed E-state index contributed by atoms with van der Waals surface area (Å²) in [4.78, 5) is 10.8. The summed E-state index contributed by atoms with van der Waals surface area (Å²) < 4.78 is 0. The van der Waals surface area contributed by atoms with Gasteiger partial charge in [-0.3, -0.25) is 0 Å². The van der Waals surface area contributed by atoms with Crippen LogP contribution >= 0.6 is 0 Å². The number of hydrogen-bond acceptors (Lipinski definition) is 3. The molecule has 0 heterocycles. The molecule has 0 aliphatic heterocycles. The molecule has 0 spiro atoms. The van der Waals surface area contributed by atoms with Crippen molar-refractivity contribution < 1.29 is 9.90 Å². The molecule has 0 radical (unpaired) electrons. The van der Waals surface area contributed by atoms with E-state index in [1.165, 1.54) is 0 Å². The lowest BCUT2D eigenvalue weighted by molar-refractivity contribution is -0.115. The number of carbonyl (C=O) groups is 1. The molecule has 1 atom stereocenters. The van der Waals surface area contributed by atoms with Crippen LogP contribution < -0.4 is 5.73 Å². The molecule has 16 heavy (non-hydrogen) atoms. The Morgan fingerprint density at radius 3 is 2.44 bits per heavy atom. The summed E-state index contributed by atoms with van der Waals surface area (Å²) in [5.74, 6) is 0.255. The van der Waals surface area contributed by atoms with Crippen molar-refractivity contribution >= 4 is 6.29 Å². The number of hydrogen-bond donors (Lipinski definition) is 2. The van der Waals surface area contributed by atoms with Gasteiger partial charge in [0.25, 0.3) is 0 Å². The van der Waals surface area contributed by atoms with Crippen LogP contribution in [0.4, 0.5) is 0 Å². The Morgan fingerprint density at radius 1 is 1.38 bits per heavy atom. The van der Waals surface area contributed by atoms with Crippen LogP contribution in [0.2, 0.25) is 0 Å². The van der Waals surface area contributed by atoms with E-state index in [2.05, 4.69) is 0 Å². The van der Waals surface area contributed by atoms with Gasteiger partial charge >= 0.3 is 0 Å². The number of phenols is 1. The normalized spacial score (nSPS) is 13.4. The molecule has 3 nitrogen and oxygen atoms in total. The van der Waals surface area contributed by atoms with E-state index in [1.54, 1.807) is 12.1 Å². The van der Waals surface area contributed by atoms with Crippen LogP contribution in [0.1, 0.15) is 25.8 Å². The van der Waals surface area contributed by atoms with Gasteiger partial charge < -0.3 is 15.6 Å². The summed E-state index contributed by atoms with van der Waals surface area (Å²) in [5, 5.41) is 9.14. The Morgan fingerprint density at radius 2 is 1.94 bits per heavy atom. The van der Waals surface area contributed by atoms with Gasteiger partial charge in [-0.15, -0.1) is 0 Å². The zero-order valence-corrected chi connectivity index (χ0v) is 9.81. The van der Waals surface area contributed by atoms with E-state index in [0.717, 1.165) is 18.3 Å². The van der Waals surface area contributed by atoms with Gasteiger partial charge in [-0.2, -0.15) is 0 Å². The van der Waals surface area contributed by atoms with Crippen LogP contribution in [0.15, 0.2) is 24.3 Å². The van der Waals surface area contributed by atoms with Crippen molar-refractivity contribution in [3.63, 3.8) is 0 Å². The van der Waals surface area contributed by atoms with E-state index in [4.69, 9.17) is 10.8 Å². The highest BCUT2D eigenvalue weighted by Gasteiger charge is 2.20. The molecule has 0 bridgehead atoms. The number of benzene rings is 1. The predicted octanol–water partition coefficient (Wildman–Crippen LogP) is 1.88. The monoisotopic (exact) mass is 221 g/mol. The Bertz CT molecular complexity index is 343. The molecule has 0 aliphatic carbocycles. The van der Waals surface area contributed by atoms with Crippen LogP contribution in [0.3, 0.4) is 0 Å². The third-order valence-electron chi connectivity index (χ3n) is 2.54. The second-order valence-corrected chi connectivity index (χ2v) is 4.94. The maximum atomic E-state index is 10.8. The van der Waals surface area contributed by atoms with Crippen molar-refractivity contribution in [2.75, 3.05) is 0 Å². The van der Waals surface area contributed by atoms with E-state index in [0.29, 0.717) is 6.42 Å². The summed E-state index contributed by atoms with van der Waals surface area (Å²) in [6.45, 7) is 3.77. The average molecular weight is 221 g/mol. The number of rotatable bonds is 5. The quantitative estimate of drug-likeness (QED) is 0.746. The van der Waals surface area contributed by atoms with E-state index in [1.807, 2.05) is 26.0 Å². The van der Waals surface area contributed by atoms with E-state index in [9.17, 15) is 4.79 Å². The van der Waals surface area contributed by atoms with Crippen molar-refractivity contribution in [2.24, 2.45) is 11.1 Å².